The first kappa shape index (κ1) is 8.05. The number of fused-ring (bicyclic) bond motifs is 1. The molecule has 2 rings (SSSR count). The zero-order valence-corrected chi connectivity index (χ0v) is 7.20. The van der Waals surface area contributed by atoms with Crippen LogP contribution in [0.3, 0.4) is 0 Å². The van der Waals surface area contributed by atoms with E-state index in [1.165, 1.54) is 0 Å². The highest BCUT2D eigenvalue weighted by molar-refractivity contribution is 5.77. The van der Waals surface area contributed by atoms with Crippen LogP contribution >= 0.6 is 0 Å². The Kier molecular flexibility index (Phi) is 2.05. The molecule has 0 aromatic heterocycles. The topological polar surface area (TPSA) is 40.5 Å². The first-order valence-corrected chi connectivity index (χ1v) is 4.76. The Balaban J connectivity index is 2.10. The Morgan fingerprint density at radius 2 is 2.17 bits per heavy atom. The van der Waals surface area contributed by atoms with Gasteiger partial charge in [0.15, 0.2) is 0 Å². The second-order valence-electron chi connectivity index (χ2n) is 3.76. The van der Waals surface area contributed by atoms with Crippen LogP contribution in [0.5, 0.6) is 0 Å². The first-order chi connectivity index (χ1) is 5.79. The molecule has 0 aromatic carbocycles. The number of amides is 1. The highest BCUT2D eigenvalue weighted by atomic mass is 16.3. The van der Waals surface area contributed by atoms with Crippen LogP contribution in [0.4, 0.5) is 0 Å². The Bertz CT molecular complexity index is 193. The van der Waals surface area contributed by atoms with Crippen molar-refractivity contribution in [3.8, 4) is 0 Å². The zero-order chi connectivity index (χ0) is 8.55. The average molecular weight is 169 g/mol. The summed E-state index contributed by atoms with van der Waals surface area (Å²) in [6.07, 6.45) is 4.20. The Morgan fingerprint density at radius 3 is 2.92 bits per heavy atom. The SMILES string of the molecule is O=C1CCC[C@@H]2[C@@H](O)CCCN12. The van der Waals surface area contributed by atoms with E-state index >= 15 is 0 Å². The lowest BCUT2D eigenvalue weighted by Gasteiger charge is -2.42. The van der Waals surface area contributed by atoms with Crippen LogP contribution in [-0.4, -0.2) is 34.6 Å². The van der Waals surface area contributed by atoms with Gasteiger partial charge in [-0.05, 0) is 25.7 Å². The lowest BCUT2D eigenvalue weighted by Crippen LogP contribution is -2.53. The predicted octanol–water partition coefficient (Wildman–Crippen LogP) is 0.522. The van der Waals surface area contributed by atoms with E-state index in [2.05, 4.69) is 0 Å². The van der Waals surface area contributed by atoms with Crippen LogP contribution < -0.4 is 0 Å². The minimum atomic E-state index is -0.261. The molecule has 0 bridgehead atoms. The fraction of sp³-hybridized carbons (Fsp3) is 0.889. The van der Waals surface area contributed by atoms with Gasteiger partial charge in [-0.2, -0.15) is 0 Å². The molecule has 0 saturated carbocycles. The smallest absolute Gasteiger partial charge is 0.222 e. The second kappa shape index (κ2) is 3.05. The van der Waals surface area contributed by atoms with Crippen LogP contribution in [0.2, 0.25) is 0 Å². The molecule has 0 aliphatic carbocycles. The summed E-state index contributed by atoms with van der Waals surface area (Å²) >= 11 is 0. The summed E-state index contributed by atoms with van der Waals surface area (Å²) in [5, 5.41) is 9.63. The third kappa shape index (κ3) is 1.22. The molecule has 12 heavy (non-hydrogen) atoms. The third-order valence-corrected chi connectivity index (χ3v) is 2.95. The largest absolute Gasteiger partial charge is 0.391 e. The van der Waals surface area contributed by atoms with E-state index in [0.717, 1.165) is 32.2 Å². The van der Waals surface area contributed by atoms with Gasteiger partial charge in [0, 0.05) is 13.0 Å². The van der Waals surface area contributed by atoms with Crippen molar-refractivity contribution in [2.75, 3.05) is 6.54 Å². The van der Waals surface area contributed by atoms with Crippen molar-refractivity contribution in [3.05, 3.63) is 0 Å². The number of carbonyl (C=O) groups is 1. The van der Waals surface area contributed by atoms with E-state index < -0.39 is 0 Å². The van der Waals surface area contributed by atoms with Gasteiger partial charge in [0.05, 0.1) is 12.1 Å². The van der Waals surface area contributed by atoms with Gasteiger partial charge >= 0.3 is 0 Å². The van der Waals surface area contributed by atoms with Crippen LogP contribution in [0.1, 0.15) is 32.1 Å². The van der Waals surface area contributed by atoms with Crippen LogP contribution in [0.15, 0.2) is 0 Å². The van der Waals surface area contributed by atoms with Gasteiger partial charge in [-0.25, -0.2) is 0 Å². The second-order valence-corrected chi connectivity index (χ2v) is 3.76. The summed E-state index contributed by atoms with van der Waals surface area (Å²) < 4.78 is 0. The normalized spacial score (nSPS) is 36.4. The van der Waals surface area contributed by atoms with Crippen molar-refractivity contribution >= 4 is 5.91 Å². The van der Waals surface area contributed by atoms with Crippen LogP contribution in [0.25, 0.3) is 0 Å². The Hall–Kier alpha value is -0.570. The summed E-state index contributed by atoms with van der Waals surface area (Å²) in [5.74, 6) is 0.241. The van der Waals surface area contributed by atoms with Crippen molar-refractivity contribution < 1.29 is 9.90 Å². The van der Waals surface area contributed by atoms with Crippen molar-refractivity contribution in [2.24, 2.45) is 0 Å². The predicted molar refractivity (Wildman–Crippen MR) is 44.6 cm³/mol. The van der Waals surface area contributed by atoms with Gasteiger partial charge in [0.2, 0.25) is 5.91 Å². The van der Waals surface area contributed by atoms with Gasteiger partial charge in [-0.3, -0.25) is 4.79 Å². The number of carbonyl (C=O) groups excluding carboxylic acids is 1. The number of hydrogen-bond acceptors (Lipinski definition) is 2. The molecule has 0 aromatic rings. The monoisotopic (exact) mass is 169 g/mol. The quantitative estimate of drug-likeness (QED) is 0.574. The molecule has 2 aliphatic heterocycles. The van der Waals surface area contributed by atoms with Crippen molar-refractivity contribution in [1.82, 2.24) is 4.90 Å². The van der Waals surface area contributed by atoms with Crippen LogP contribution in [0, 0.1) is 0 Å². The number of hydrogen-bond donors (Lipinski definition) is 1. The molecule has 2 aliphatic rings. The molecule has 2 atom stereocenters. The van der Waals surface area contributed by atoms with Crippen molar-refractivity contribution in [2.45, 2.75) is 44.2 Å². The summed E-state index contributed by atoms with van der Waals surface area (Å²) in [5.41, 5.74) is 0. The third-order valence-electron chi connectivity index (χ3n) is 2.95. The van der Waals surface area contributed by atoms with Gasteiger partial charge < -0.3 is 10.0 Å². The molecule has 1 N–H and O–H groups in total. The van der Waals surface area contributed by atoms with Gasteiger partial charge in [-0.15, -0.1) is 0 Å². The maximum Gasteiger partial charge on any atom is 0.222 e. The van der Waals surface area contributed by atoms with E-state index in [0.29, 0.717) is 6.42 Å². The van der Waals surface area contributed by atoms with Crippen molar-refractivity contribution in [3.63, 3.8) is 0 Å². The first-order valence-electron chi connectivity index (χ1n) is 4.76. The Morgan fingerprint density at radius 1 is 1.33 bits per heavy atom. The maximum absolute atomic E-state index is 11.4. The van der Waals surface area contributed by atoms with Gasteiger partial charge in [-0.1, -0.05) is 0 Å². The highest BCUT2D eigenvalue weighted by Gasteiger charge is 2.35. The molecule has 0 unspecified atom stereocenters. The lowest BCUT2D eigenvalue weighted by molar-refractivity contribution is -0.142. The van der Waals surface area contributed by atoms with Gasteiger partial charge in [0.1, 0.15) is 0 Å². The molecular formula is C9H15NO2. The van der Waals surface area contributed by atoms with Gasteiger partial charge in [0.25, 0.3) is 0 Å². The number of aliphatic hydroxyl groups is 1. The number of nitrogens with zero attached hydrogens (tertiary/aromatic N) is 1. The fourth-order valence-electron chi connectivity index (χ4n) is 2.30. The Labute approximate surface area is 72.4 Å². The van der Waals surface area contributed by atoms with E-state index in [9.17, 15) is 9.90 Å². The molecule has 3 heteroatoms. The minimum Gasteiger partial charge on any atom is -0.391 e. The summed E-state index contributed by atoms with van der Waals surface area (Å²) in [6, 6.07) is 0.139. The van der Waals surface area contributed by atoms with E-state index in [1.54, 1.807) is 0 Å². The number of rotatable bonds is 0. The minimum absolute atomic E-state index is 0.139. The molecular weight excluding hydrogens is 154 g/mol. The lowest BCUT2D eigenvalue weighted by atomic mass is 9.90. The molecule has 2 fully saturated rings. The van der Waals surface area contributed by atoms with E-state index in [4.69, 9.17) is 0 Å². The van der Waals surface area contributed by atoms with Crippen molar-refractivity contribution in [1.29, 1.82) is 0 Å². The standard InChI is InChI=1S/C9H15NO2/c11-8-4-2-6-10-7(8)3-1-5-9(10)12/h7-8,11H,1-6H2/t7-,8+/m1/s1. The highest BCUT2D eigenvalue weighted by Crippen LogP contribution is 2.26. The van der Waals surface area contributed by atoms with E-state index in [1.807, 2.05) is 4.90 Å². The zero-order valence-electron chi connectivity index (χ0n) is 7.20. The average Bonchev–Trinajstić information content (AvgIpc) is 2.07. The molecule has 0 radical (unpaired) electrons. The molecule has 68 valence electrons. The summed E-state index contributed by atoms with van der Waals surface area (Å²) in [7, 11) is 0. The summed E-state index contributed by atoms with van der Waals surface area (Å²) in [4.78, 5) is 13.3. The number of aliphatic hydroxyl groups excluding tert-OH is 1. The molecule has 3 nitrogen and oxygen atoms in total. The molecule has 2 saturated heterocycles. The van der Waals surface area contributed by atoms with E-state index in [-0.39, 0.29) is 18.1 Å². The fourth-order valence-corrected chi connectivity index (χ4v) is 2.30. The molecule has 0 spiro atoms. The molecule has 1 amide bonds. The summed E-state index contributed by atoms with van der Waals surface area (Å²) in [6.45, 7) is 0.862. The number of piperidine rings is 2. The maximum atomic E-state index is 11.4. The molecule has 2 heterocycles. The van der Waals surface area contributed by atoms with Crippen LogP contribution in [-0.2, 0) is 4.79 Å².